The van der Waals surface area contributed by atoms with E-state index in [-0.39, 0.29) is 5.91 Å². The second-order valence-electron chi connectivity index (χ2n) is 5.06. The highest BCUT2D eigenvalue weighted by molar-refractivity contribution is 5.99. The van der Waals surface area contributed by atoms with E-state index in [9.17, 15) is 4.79 Å². The van der Waals surface area contributed by atoms with E-state index in [1.807, 2.05) is 12.1 Å². The Morgan fingerprint density at radius 1 is 1.43 bits per heavy atom. The maximum absolute atomic E-state index is 12.1. The molecule has 116 valence electrons. The summed E-state index contributed by atoms with van der Waals surface area (Å²) in [6, 6.07) is 5.63. The molecule has 0 radical (unpaired) electrons. The zero-order valence-electron chi connectivity index (χ0n) is 12.4. The van der Waals surface area contributed by atoms with Crippen LogP contribution in [0.5, 0.6) is 0 Å². The van der Waals surface area contributed by atoms with Gasteiger partial charge in [-0.25, -0.2) is 0 Å². The number of nitrogens with two attached hydrogens (primary N) is 1. The smallest absolute Gasteiger partial charge is 0.253 e. The Kier molecular flexibility index (Phi) is 5.98. The van der Waals surface area contributed by atoms with Crippen LogP contribution in [0.25, 0.3) is 0 Å². The van der Waals surface area contributed by atoms with Gasteiger partial charge in [-0.3, -0.25) is 9.69 Å². The van der Waals surface area contributed by atoms with Gasteiger partial charge in [0.1, 0.15) is 0 Å². The summed E-state index contributed by atoms with van der Waals surface area (Å²) in [5, 5.41) is 2.79. The number of carbonyl (C=O) groups excluding carboxylic acids is 1. The standard InChI is InChI=1S/C15H23N3O3/c1-20-7-4-17-15(19)13-10-12(2-3-14(13)16)11-18-5-8-21-9-6-18/h2-3,10H,4-9,11,16H2,1H3,(H,17,19). The van der Waals surface area contributed by atoms with E-state index in [0.717, 1.165) is 38.4 Å². The molecule has 1 fully saturated rings. The molecule has 0 spiro atoms. The Morgan fingerprint density at radius 3 is 2.90 bits per heavy atom. The first kappa shape index (κ1) is 15.8. The molecule has 1 saturated heterocycles. The van der Waals surface area contributed by atoms with Gasteiger partial charge in [-0.2, -0.15) is 0 Å². The Bertz CT molecular complexity index is 473. The number of nitrogens with one attached hydrogen (secondary N) is 1. The van der Waals surface area contributed by atoms with Gasteiger partial charge in [0.05, 0.1) is 25.4 Å². The van der Waals surface area contributed by atoms with Crippen molar-refractivity contribution >= 4 is 11.6 Å². The zero-order chi connectivity index (χ0) is 15.1. The van der Waals surface area contributed by atoms with Crippen LogP contribution in [0, 0.1) is 0 Å². The quantitative estimate of drug-likeness (QED) is 0.589. The summed E-state index contributed by atoms with van der Waals surface area (Å²) in [6.07, 6.45) is 0. The molecule has 21 heavy (non-hydrogen) atoms. The Hall–Kier alpha value is -1.63. The molecule has 1 aliphatic heterocycles. The van der Waals surface area contributed by atoms with E-state index >= 15 is 0 Å². The lowest BCUT2D eigenvalue weighted by molar-refractivity contribution is 0.0342. The van der Waals surface area contributed by atoms with Crippen molar-refractivity contribution in [2.75, 3.05) is 52.3 Å². The molecular weight excluding hydrogens is 270 g/mol. The summed E-state index contributed by atoms with van der Waals surface area (Å²) in [6.45, 7) is 5.13. The van der Waals surface area contributed by atoms with Crippen molar-refractivity contribution in [2.24, 2.45) is 0 Å². The third-order valence-electron chi connectivity index (χ3n) is 3.46. The molecular formula is C15H23N3O3. The molecule has 0 saturated carbocycles. The fourth-order valence-electron chi connectivity index (χ4n) is 2.28. The number of amides is 1. The normalized spacial score (nSPS) is 15.9. The molecule has 0 aromatic heterocycles. The number of hydrogen-bond acceptors (Lipinski definition) is 5. The minimum Gasteiger partial charge on any atom is -0.398 e. The van der Waals surface area contributed by atoms with Gasteiger partial charge in [0, 0.05) is 39.0 Å². The Balaban J connectivity index is 2.00. The van der Waals surface area contributed by atoms with Gasteiger partial charge >= 0.3 is 0 Å². The monoisotopic (exact) mass is 293 g/mol. The second kappa shape index (κ2) is 7.97. The third kappa shape index (κ3) is 4.70. The van der Waals surface area contributed by atoms with Crippen LogP contribution < -0.4 is 11.1 Å². The van der Waals surface area contributed by atoms with Gasteiger partial charge in [-0.1, -0.05) is 6.07 Å². The predicted molar refractivity (Wildman–Crippen MR) is 81.2 cm³/mol. The van der Waals surface area contributed by atoms with Crippen LogP contribution in [0.3, 0.4) is 0 Å². The molecule has 6 heteroatoms. The molecule has 3 N–H and O–H groups in total. The topological polar surface area (TPSA) is 76.8 Å². The van der Waals surface area contributed by atoms with Gasteiger partial charge in [0.15, 0.2) is 0 Å². The molecule has 1 aromatic carbocycles. The molecule has 1 amide bonds. The van der Waals surface area contributed by atoms with Crippen LogP contribution in [-0.2, 0) is 16.0 Å². The Morgan fingerprint density at radius 2 is 2.19 bits per heavy atom. The number of benzene rings is 1. The van der Waals surface area contributed by atoms with Gasteiger partial charge in [0.2, 0.25) is 0 Å². The van der Waals surface area contributed by atoms with E-state index in [2.05, 4.69) is 10.2 Å². The minimum atomic E-state index is -0.159. The highest BCUT2D eigenvalue weighted by atomic mass is 16.5. The summed E-state index contributed by atoms with van der Waals surface area (Å²) >= 11 is 0. The highest BCUT2D eigenvalue weighted by Crippen LogP contribution is 2.16. The third-order valence-corrected chi connectivity index (χ3v) is 3.46. The fraction of sp³-hybridized carbons (Fsp3) is 0.533. The molecule has 2 rings (SSSR count). The van der Waals surface area contributed by atoms with Crippen molar-refractivity contribution in [2.45, 2.75) is 6.54 Å². The van der Waals surface area contributed by atoms with Gasteiger partial charge in [-0.05, 0) is 17.7 Å². The van der Waals surface area contributed by atoms with Crippen LogP contribution in [0.15, 0.2) is 18.2 Å². The van der Waals surface area contributed by atoms with Crippen LogP contribution in [0.2, 0.25) is 0 Å². The maximum atomic E-state index is 12.1. The zero-order valence-corrected chi connectivity index (χ0v) is 12.4. The van der Waals surface area contributed by atoms with Crippen LogP contribution in [0.4, 0.5) is 5.69 Å². The average Bonchev–Trinajstić information content (AvgIpc) is 2.50. The molecule has 0 bridgehead atoms. The maximum Gasteiger partial charge on any atom is 0.253 e. The lowest BCUT2D eigenvalue weighted by Crippen LogP contribution is -2.35. The molecule has 1 heterocycles. The molecule has 0 unspecified atom stereocenters. The van der Waals surface area contributed by atoms with E-state index in [1.165, 1.54) is 0 Å². The summed E-state index contributed by atoms with van der Waals surface area (Å²) in [7, 11) is 1.60. The van der Waals surface area contributed by atoms with Crippen molar-refractivity contribution in [1.29, 1.82) is 0 Å². The number of nitrogen functional groups attached to an aromatic ring is 1. The Labute approximate surface area is 125 Å². The first-order valence-corrected chi connectivity index (χ1v) is 7.16. The van der Waals surface area contributed by atoms with Crippen molar-refractivity contribution in [3.63, 3.8) is 0 Å². The number of anilines is 1. The summed E-state index contributed by atoms with van der Waals surface area (Å²) in [5.41, 5.74) is 8.01. The van der Waals surface area contributed by atoms with Gasteiger partial charge in [-0.15, -0.1) is 0 Å². The number of ether oxygens (including phenoxy) is 2. The first-order chi connectivity index (χ1) is 10.2. The average molecular weight is 293 g/mol. The van der Waals surface area contributed by atoms with Crippen LogP contribution >= 0.6 is 0 Å². The molecule has 0 atom stereocenters. The van der Waals surface area contributed by atoms with E-state index in [4.69, 9.17) is 15.2 Å². The van der Waals surface area contributed by atoms with E-state index in [0.29, 0.717) is 24.4 Å². The number of nitrogens with zero attached hydrogens (tertiary/aromatic N) is 1. The summed E-state index contributed by atoms with van der Waals surface area (Å²) in [5.74, 6) is -0.159. The van der Waals surface area contributed by atoms with Gasteiger partial charge in [0.25, 0.3) is 5.91 Å². The number of carbonyl (C=O) groups is 1. The van der Waals surface area contributed by atoms with Crippen molar-refractivity contribution in [3.8, 4) is 0 Å². The van der Waals surface area contributed by atoms with Gasteiger partial charge < -0.3 is 20.5 Å². The minimum absolute atomic E-state index is 0.159. The first-order valence-electron chi connectivity index (χ1n) is 7.16. The number of methoxy groups -OCH3 is 1. The molecule has 6 nitrogen and oxygen atoms in total. The van der Waals surface area contributed by atoms with Crippen LogP contribution in [-0.4, -0.2) is 57.4 Å². The van der Waals surface area contributed by atoms with Crippen molar-refractivity contribution in [3.05, 3.63) is 29.3 Å². The summed E-state index contributed by atoms with van der Waals surface area (Å²) < 4.78 is 10.3. The number of hydrogen-bond donors (Lipinski definition) is 2. The lowest BCUT2D eigenvalue weighted by atomic mass is 10.1. The molecule has 0 aliphatic carbocycles. The van der Waals surface area contributed by atoms with Crippen molar-refractivity contribution < 1.29 is 14.3 Å². The van der Waals surface area contributed by atoms with E-state index < -0.39 is 0 Å². The predicted octanol–water partition coefficient (Wildman–Crippen LogP) is 0.477. The SMILES string of the molecule is COCCNC(=O)c1cc(CN2CCOCC2)ccc1N. The molecule has 1 aliphatic rings. The highest BCUT2D eigenvalue weighted by Gasteiger charge is 2.14. The second-order valence-corrected chi connectivity index (χ2v) is 5.06. The molecule has 1 aromatic rings. The number of rotatable bonds is 6. The number of morpholine rings is 1. The summed E-state index contributed by atoms with van der Waals surface area (Å²) in [4.78, 5) is 14.4. The lowest BCUT2D eigenvalue weighted by Gasteiger charge is -2.26. The van der Waals surface area contributed by atoms with Crippen LogP contribution in [0.1, 0.15) is 15.9 Å². The fourth-order valence-corrected chi connectivity index (χ4v) is 2.28. The van der Waals surface area contributed by atoms with Crippen molar-refractivity contribution in [1.82, 2.24) is 10.2 Å². The van der Waals surface area contributed by atoms with E-state index in [1.54, 1.807) is 13.2 Å². The largest absolute Gasteiger partial charge is 0.398 e.